The van der Waals surface area contributed by atoms with Crippen molar-refractivity contribution in [3.63, 3.8) is 0 Å². The van der Waals surface area contributed by atoms with Crippen LogP contribution in [-0.2, 0) is 4.79 Å². The molecule has 0 aromatic rings. The van der Waals surface area contributed by atoms with E-state index in [2.05, 4.69) is 17.3 Å². The van der Waals surface area contributed by atoms with Gasteiger partial charge in [-0.1, -0.05) is 0 Å². The van der Waals surface area contributed by atoms with Crippen LogP contribution in [0.5, 0.6) is 0 Å². The van der Waals surface area contributed by atoms with Gasteiger partial charge in [0.2, 0.25) is 0 Å². The number of urea groups is 1. The average Bonchev–Trinajstić information content (AvgIpc) is 2.34. The molecule has 0 aromatic carbocycles. The van der Waals surface area contributed by atoms with E-state index in [1.165, 1.54) is 0 Å². The number of amides is 2. The number of carbonyl (C=O) groups excluding carboxylic acids is 1. The lowest BCUT2D eigenvalue weighted by Crippen LogP contribution is -2.60. The SMILES string of the molecule is CN1CCCC(N(C)C(=O)NC2(CC(=O)O)CCC2)C1. The lowest BCUT2D eigenvalue weighted by atomic mass is 9.74. The summed E-state index contributed by atoms with van der Waals surface area (Å²) in [5.74, 6) is -0.843. The zero-order valence-electron chi connectivity index (χ0n) is 12.4. The molecule has 1 aliphatic carbocycles. The highest BCUT2D eigenvalue weighted by Crippen LogP contribution is 2.35. The molecule has 2 amide bonds. The van der Waals surface area contributed by atoms with E-state index in [4.69, 9.17) is 5.11 Å². The molecule has 1 atom stereocenters. The van der Waals surface area contributed by atoms with Crippen molar-refractivity contribution in [2.24, 2.45) is 0 Å². The number of rotatable bonds is 4. The molecule has 2 N–H and O–H groups in total. The molecule has 0 spiro atoms. The molecular formula is C14H25N3O3. The van der Waals surface area contributed by atoms with Crippen molar-refractivity contribution in [2.45, 2.75) is 50.1 Å². The Balaban J connectivity index is 1.91. The van der Waals surface area contributed by atoms with Gasteiger partial charge in [0.25, 0.3) is 0 Å². The largest absolute Gasteiger partial charge is 0.481 e. The summed E-state index contributed by atoms with van der Waals surface area (Å²) in [5.41, 5.74) is -0.516. The second-order valence-corrected chi connectivity index (χ2v) is 6.30. The number of hydrogen-bond acceptors (Lipinski definition) is 3. The summed E-state index contributed by atoms with van der Waals surface area (Å²) in [4.78, 5) is 27.3. The minimum atomic E-state index is -0.843. The number of likely N-dealkylation sites (N-methyl/N-ethyl adjacent to an activating group) is 2. The Morgan fingerprint density at radius 3 is 2.60 bits per heavy atom. The molecule has 0 aromatic heterocycles. The van der Waals surface area contributed by atoms with Crippen molar-refractivity contribution in [1.29, 1.82) is 0 Å². The summed E-state index contributed by atoms with van der Waals surface area (Å²) in [5, 5.41) is 11.9. The average molecular weight is 283 g/mol. The fraction of sp³-hybridized carbons (Fsp3) is 0.857. The number of likely N-dealkylation sites (tertiary alicyclic amines) is 1. The van der Waals surface area contributed by atoms with Gasteiger partial charge in [0.05, 0.1) is 12.0 Å². The Labute approximate surface area is 120 Å². The summed E-state index contributed by atoms with van der Waals surface area (Å²) in [7, 11) is 3.88. The van der Waals surface area contributed by atoms with Gasteiger partial charge in [-0.2, -0.15) is 0 Å². The Hall–Kier alpha value is -1.30. The summed E-state index contributed by atoms with van der Waals surface area (Å²) in [6, 6.07) is 0.0851. The van der Waals surface area contributed by atoms with Crippen molar-refractivity contribution in [3.8, 4) is 0 Å². The van der Waals surface area contributed by atoms with E-state index in [1.807, 2.05) is 7.05 Å². The molecule has 2 aliphatic rings. The maximum atomic E-state index is 12.3. The molecule has 0 radical (unpaired) electrons. The molecule has 20 heavy (non-hydrogen) atoms. The van der Waals surface area contributed by atoms with Gasteiger partial charge in [-0.25, -0.2) is 4.79 Å². The van der Waals surface area contributed by atoms with Gasteiger partial charge < -0.3 is 20.2 Å². The second-order valence-electron chi connectivity index (χ2n) is 6.30. The smallest absolute Gasteiger partial charge is 0.317 e. The van der Waals surface area contributed by atoms with Crippen molar-refractivity contribution in [2.75, 3.05) is 27.2 Å². The van der Waals surface area contributed by atoms with Crippen LogP contribution >= 0.6 is 0 Å². The maximum absolute atomic E-state index is 12.3. The molecular weight excluding hydrogens is 258 g/mol. The van der Waals surface area contributed by atoms with E-state index >= 15 is 0 Å². The predicted molar refractivity (Wildman–Crippen MR) is 75.6 cm³/mol. The third-order valence-corrected chi connectivity index (χ3v) is 4.64. The van der Waals surface area contributed by atoms with Gasteiger partial charge in [-0.05, 0) is 45.7 Å². The number of aliphatic carboxylic acids is 1. The maximum Gasteiger partial charge on any atom is 0.317 e. The molecule has 1 saturated carbocycles. The van der Waals surface area contributed by atoms with Crippen molar-refractivity contribution < 1.29 is 14.7 Å². The summed E-state index contributed by atoms with van der Waals surface area (Å²) < 4.78 is 0. The summed E-state index contributed by atoms with van der Waals surface area (Å²) in [6.45, 7) is 1.96. The van der Waals surface area contributed by atoms with Gasteiger partial charge in [0.15, 0.2) is 0 Å². The monoisotopic (exact) mass is 283 g/mol. The highest BCUT2D eigenvalue weighted by atomic mass is 16.4. The van der Waals surface area contributed by atoms with E-state index in [0.717, 1.165) is 45.2 Å². The van der Waals surface area contributed by atoms with Crippen molar-refractivity contribution in [3.05, 3.63) is 0 Å². The highest BCUT2D eigenvalue weighted by Gasteiger charge is 2.41. The Morgan fingerprint density at radius 2 is 2.10 bits per heavy atom. The fourth-order valence-corrected chi connectivity index (χ4v) is 3.18. The topological polar surface area (TPSA) is 72.9 Å². The molecule has 2 rings (SSSR count). The number of piperidine rings is 1. The molecule has 2 fully saturated rings. The molecule has 1 unspecified atom stereocenters. The first-order valence-electron chi connectivity index (χ1n) is 7.37. The van der Waals surface area contributed by atoms with Crippen LogP contribution in [0.15, 0.2) is 0 Å². The van der Waals surface area contributed by atoms with E-state index in [1.54, 1.807) is 4.90 Å². The lowest BCUT2D eigenvalue weighted by molar-refractivity contribution is -0.139. The number of nitrogens with zero attached hydrogens (tertiary/aromatic N) is 2. The normalized spacial score (nSPS) is 25.6. The highest BCUT2D eigenvalue weighted by molar-refractivity contribution is 5.77. The Kier molecular flexibility index (Phi) is 4.52. The van der Waals surface area contributed by atoms with Crippen molar-refractivity contribution in [1.82, 2.24) is 15.1 Å². The van der Waals surface area contributed by atoms with Crippen LogP contribution in [0.2, 0.25) is 0 Å². The van der Waals surface area contributed by atoms with Crippen molar-refractivity contribution >= 4 is 12.0 Å². The first-order chi connectivity index (χ1) is 9.42. The zero-order chi connectivity index (χ0) is 14.8. The quantitative estimate of drug-likeness (QED) is 0.811. The van der Waals surface area contributed by atoms with E-state index < -0.39 is 11.5 Å². The van der Waals surface area contributed by atoms with Crippen LogP contribution < -0.4 is 5.32 Å². The molecule has 6 nitrogen and oxygen atoms in total. The van der Waals surface area contributed by atoms with Crippen LogP contribution in [0.25, 0.3) is 0 Å². The lowest BCUT2D eigenvalue weighted by Gasteiger charge is -2.44. The minimum absolute atomic E-state index is 0.0249. The van der Waals surface area contributed by atoms with E-state index in [0.29, 0.717) is 0 Å². The molecule has 1 aliphatic heterocycles. The number of carboxylic acids is 1. The zero-order valence-corrected chi connectivity index (χ0v) is 12.4. The van der Waals surface area contributed by atoms with E-state index in [-0.39, 0.29) is 18.5 Å². The van der Waals surface area contributed by atoms with Crippen LogP contribution in [0.1, 0.15) is 38.5 Å². The minimum Gasteiger partial charge on any atom is -0.481 e. The first-order valence-corrected chi connectivity index (χ1v) is 7.37. The van der Waals surface area contributed by atoms with Gasteiger partial charge in [-0.15, -0.1) is 0 Å². The third kappa shape index (κ3) is 3.42. The molecule has 1 saturated heterocycles. The van der Waals surface area contributed by atoms with Crippen LogP contribution in [-0.4, -0.2) is 65.7 Å². The fourth-order valence-electron chi connectivity index (χ4n) is 3.18. The molecule has 1 heterocycles. The van der Waals surface area contributed by atoms with Gasteiger partial charge >= 0.3 is 12.0 Å². The van der Waals surface area contributed by atoms with Crippen LogP contribution in [0, 0.1) is 0 Å². The molecule has 0 bridgehead atoms. The molecule has 114 valence electrons. The Morgan fingerprint density at radius 1 is 1.40 bits per heavy atom. The van der Waals surface area contributed by atoms with Gasteiger partial charge in [0.1, 0.15) is 0 Å². The predicted octanol–water partition coefficient (Wildman–Crippen LogP) is 1.12. The van der Waals surface area contributed by atoms with Crippen LogP contribution in [0.3, 0.4) is 0 Å². The second kappa shape index (κ2) is 5.99. The summed E-state index contributed by atoms with van der Waals surface area (Å²) in [6.07, 6.45) is 4.66. The number of carboxylic acid groups (broad SMARTS) is 1. The summed E-state index contributed by atoms with van der Waals surface area (Å²) >= 11 is 0. The standard InChI is InChI=1S/C14H25N3O3/c1-16-8-3-5-11(10-16)17(2)13(20)15-14(6-4-7-14)9-12(18)19/h11H,3-10H2,1-2H3,(H,15,20)(H,18,19). The van der Waals surface area contributed by atoms with E-state index in [9.17, 15) is 9.59 Å². The number of hydrogen-bond donors (Lipinski definition) is 2. The third-order valence-electron chi connectivity index (χ3n) is 4.64. The Bertz CT molecular complexity index is 382. The first kappa shape index (κ1) is 15.1. The number of nitrogens with one attached hydrogen (secondary N) is 1. The van der Waals surface area contributed by atoms with Crippen LogP contribution in [0.4, 0.5) is 4.79 Å². The molecule has 6 heteroatoms. The van der Waals surface area contributed by atoms with Gasteiger partial charge in [-0.3, -0.25) is 4.79 Å². The van der Waals surface area contributed by atoms with Gasteiger partial charge in [0, 0.05) is 19.6 Å². The number of carbonyl (C=O) groups is 2.